The Balaban J connectivity index is 1.63. The van der Waals surface area contributed by atoms with Gasteiger partial charge in [0, 0.05) is 23.6 Å². The number of hydrazone groups is 1. The summed E-state index contributed by atoms with van der Waals surface area (Å²) in [6, 6.07) is 7.07. The number of hydrogen-bond acceptors (Lipinski definition) is 4. The minimum atomic E-state index is -0.794. The number of benzene rings is 1. The van der Waals surface area contributed by atoms with Gasteiger partial charge in [-0.05, 0) is 6.07 Å². The smallest absolute Gasteiger partial charge is 0.329 e. The summed E-state index contributed by atoms with van der Waals surface area (Å²) in [4.78, 5) is 24.7. The van der Waals surface area contributed by atoms with Gasteiger partial charge in [-0.2, -0.15) is 5.10 Å². The Kier molecular flexibility index (Phi) is 7.67. The van der Waals surface area contributed by atoms with Gasteiger partial charge in [0.2, 0.25) is 0 Å². The fourth-order valence-electron chi connectivity index (χ4n) is 2.32. The molecule has 1 aromatic rings. The van der Waals surface area contributed by atoms with Crippen LogP contribution in [-0.4, -0.2) is 57.4 Å². The van der Waals surface area contributed by atoms with Crippen molar-refractivity contribution in [2.75, 3.05) is 39.4 Å². The number of quaternary nitrogens is 1. The molecule has 1 saturated heterocycles. The van der Waals surface area contributed by atoms with Crippen molar-refractivity contribution in [1.29, 1.82) is 0 Å². The Labute approximate surface area is 146 Å². The SMILES string of the molecule is O=C(NCCC[NH+]1CCOCC1)C(=O)N/N=C\c1ccccc1Cl. The molecule has 0 spiro atoms. The first kappa shape index (κ1) is 18.4. The van der Waals surface area contributed by atoms with Gasteiger partial charge >= 0.3 is 11.8 Å². The normalized spacial score (nSPS) is 15.4. The van der Waals surface area contributed by atoms with Crippen molar-refractivity contribution in [1.82, 2.24) is 10.7 Å². The van der Waals surface area contributed by atoms with Crippen molar-refractivity contribution in [2.24, 2.45) is 5.10 Å². The monoisotopic (exact) mass is 353 g/mol. The van der Waals surface area contributed by atoms with Crippen molar-refractivity contribution in [3.8, 4) is 0 Å². The lowest BCUT2D eigenvalue weighted by molar-refractivity contribution is -0.908. The molecular formula is C16H22ClN4O3+. The average Bonchev–Trinajstić information content (AvgIpc) is 2.61. The maximum atomic E-state index is 11.7. The van der Waals surface area contributed by atoms with Crippen molar-refractivity contribution < 1.29 is 19.2 Å². The van der Waals surface area contributed by atoms with Crippen LogP contribution in [0.4, 0.5) is 0 Å². The van der Waals surface area contributed by atoms with Gasteiger partial charge in [0.25, 0.3) is 0 Å². The summed E-state index contributed by atoms with van der Waals surface area (Å²) in [6.45, 7) is 4.97. The molecule has 2 rings (SSSR count). The van der Waals surface area contributed by atoms with E-state index in [1.807, 2.05) is 0 Å². The summed E-state index contributed by atoms with van der Waals surface area (Å²) < 4.78 is 5.29. The van der Waals surface area contributed by atoms with Crippen LogP contribution in [0.3, 0.4) is 0 Å². The topological polar surface area (TPSA) is 84.2 Å². The number of carbonyl (C=O) groups is 2. The molecule has 1 aromatic carbocycles. The maximum absolute atomic E-state index is 11.7. The molecule has 3 N–H and O–H groups in total. The molecule has 8 heteroatoms. The molecule has 0 aromatic heterocycles. The fraction of sp³-hybridized carbons (Fsp3) is 0.438. The number of hydrogen-bond donors (Lipinski definition) is 3. The summed E-state index contributed by atoms with van der Waals surface area (Å²) in [5.41, 5.74) is 2.85. The molecule has 0 unspecified atom stereocenters. The number of nitrogens with zero attached hydrogens (tertiary/aromatic N) is 1. The van der Waals surface area contributed by atoms with Crippen LogP contribution in [-0.2, 0) is 14.3 Å². The van der Waals surface area contributed by atoms with Crippen LogP contribution in [0.5, 0.6) is 0 Å². The van der Waals surface area contributed by atoms with Crippen LogP contribution in [0.15, 0.2) is 29.4 Å². The molecule has 0 radical (unpaired) electrons. The van der Waals surface area contributed by atoms with Gasteiger partial charge in [-0.15, -0.1) is 0 Å². The van der Waals surface area contributed by atoms with Gasteiger partial charge in [-0.1, -0.05) is 29.8 Å². The van der Waals surface area contributed by atoms with Crippen LogP contribution in [0.25, 0.3) is 0 Å². The number of nitrogens with one attached hydrogen (secondary N) is 3. The van der Waals surface area contributed by atoms with Gasteiger partial charge in [0.05, 0.1) is 26.0 Å². The first-order valence-corrected chi connectivity index (χ1v) is 8.31. The van der Waals surface area contributed by atoms with E-state index in [0.29, 0.717) is 17.1 Å². The lowest BCUT2D eigenvalue weighted by Crippen LogP contribution is -3.14. The van der Waals surface area contributed by atoms with Crippen molar-refractivity contribution in [3.63, 3.8) is 0 Å². The van der Waals surface area contributed by atoms with E-state index in [1.54, 1.807) is 24.3 Å². The molecule has 0 aliphatic carbocycles. The maximum Gasteiger partial charge on any atom is 0.329 e. The highest BCUT2D eigenvalue weighted by Crippen LogP contribution is 2.11. The second-order valence-electron chi connectivity index (χ2n) is 5.44. The average molecular weight is 354 g/mol. The van der Waals surface area contributed by atoms with E-state index >= 15 is 0 Å². The number of morpholine rings is 1. The van der Waals surface area contributed by atoms with E-state index in [1.165, 1.54) is 11.1 Å². The van der Waals surface area contributed by atoms with Crippen molar-refractivity contribution in [2.45, 2.75) is 6.42 Å². The number of carbonyl (C=O) groups excluding carboxylic acids is 2. The Hall–Kier alpha value is -1.96. The molecule has 0 bridgehead atoms. The third kappa shape index (κ3) is 6.27. The van der Waals surface area contributed by atoms with Gasteiger partial charge in [-0.25, -0.2) is 5.43 Å². The summed E-state index contributed by atoms with van der Waals surface area (Å²) in [5.74, 6) is -1.49. The highest BCUT2D eigenvalue weighted by molar-refractivity contribution is 6.35. The zero-order chi connectivity index (χ0) is 17.2. The summed E-state index contributed by atoms with van der Waals surface area (Å²) >= 11 is 5.96. The molecule has 7 nitrogen and oxygen atoms in total. The first-order chi connectivity index (χ1) is 11.7. The number of rotatable bonds is 6. The van der Waals surface area contributed by atoms with Gasteiger partial charge in [0.15, 0.2) is 0 Å². The van der Waals surface area contributed by atoms with Crippen LogP contribution in [0, 0.1) is 0 Å². The predicted molar refractivity (Wildman–Crippen MR) is 91.2 cm³/mol. The second-order valence-corrected chi connectivity index (χ2v) is 5.85. The van der Waals surface area contributed by atoms with E-state index in [9.17, 15) is 9.59 Å². The largest absolute Gasteiger partial charge is 0.370 e. The third-order valence-electron chi connectivity index (χ3n) is 3.67. The lowest BCUT2D eigenvalue weighted by atomic mass is 10.2. The molecule has 0 saturated carbocycles. The molecule has 130 valence electrons. The Bertz CT molecular complexity index is 588. The number of amides is 2. The molecule has 1 heterocycles. The third-order valence-corrected chi connectivity index (χ3v) is 4.02. The van der Waals surface area contributed by atoms with E-state index in [-0.39, 0.29) is 0 Å². The second kappa shape index (κ2) is 10.0. The zero-order valence-corrected chi connectivity index (χ0v) is 14.1. The highest BCUT2D eigenvalue weighted by atomic mass is 35.5. The molecular weight excluding hydrogens is 332 g/mol. The standard InChI is InChI=1S/C16H21ClN4O3/c17-14-5-2-1-4-13(14)12-19-20-16(23)15(22)18-6-3-7-21-8-10-24-11-9-21/h1-2,4-5,12H,3,6-11H2,(H,18,22)(H,20,23)/p+1/b19-12-. The molecule has 2 amide bonds. The number of halogens is 1. The molecule has 24 heavy (non-hydrogen) atoms. The lowest BCUT2D eigenvalue weighted by Gasteiger charge is -2.23. The fourth-order valence-corrected chi connectivity index (χ4v) is 2.51. The van der Waals surface area contributed by atoms with Gasteiger partial charge in [0.1, 0.15) is 13.1 Å². The van der Waals surface area contributed by atoms with Crippen LogP contribution in [0.1, 0.15) is 12.0 Å². The first-order valence-electron chi connectivity index (χ1n) is 7.94. The molecule has 1 fully saturated rings. The minimum Gasteiger partial charge on any atom is -0.370 e. The Morgan fingerprint density at radius 2 is 2.00 bits per heavy atom. The summed E-state index contributed by atoms with van der Waals surface area (Å²) in [7, 11) is 0. The minimum absolute atomic E-state index is 0.463. The van der Waals surface area contributed by atoms with Crippen LogP contribution < -0.4 is 15.6 Å². The summed E-state index contributed by atoms with van der Waals surface area (Å²) in [5, 5.41) is 6.84. The Morgan fingerprint density at radius 3 is 2.75 bits per heavy atom. The zero-order valence-electron chi connectivity index (χ0n) is 13.4. The highest BCUT2D eigenvalue weighted by Gasteiger charge is 2.14. The van der Waals surface area contributed by atoms with Gasteiger partial charge in [-0.3, -0.25) is 9.59 Å². The molecule has 1 aliphatic heterocycles. The van der Waals surface area contributed by atoms with Crippen LogP contribution in [0.2, 0.25) is 5.02 Å². The quantitative estimate of drug-likeness (QED) is 0.271. The van der Waals surface area contributed by atoms with E-state index in [0.717, 1.165) is 39.3 Å². The number of ether oxygens (including phenoxy) is 1. The van der Waals surface area contributed by atoms with E-state index in [2.05, 4.69) is 15.8 Å². The molecule has 1 aliphatic rings. The van der Waals surface area contributed by atoms with E-state index < -0.39 is 11.8 Å². The Morgan fingerprint density at radius 1 is 1.25 bits per heavy atom. The van der Waals surface area contributed by atoms with E-state index in [4.69, 9.17) is 16.3 Å². The predicted octanol–water partition coefficient (Wildman–Crippen LogP) is -0.788. The van der Waals surface area contributed by atoms with Gasteiger partial charge < -0.3 is 15.0 Å². The molecule has 0 atom stereocenters. The van der Waals surface area contributed by atoms with Crippen molar-refractivity contribution >= 4 is 29.6 Å². The van der Waals surface area contributed by atoms with Crippen molar-refractivity contribution in [3.05, 3.63) is 34.9 Å². The summed E-state index contributed by atoms with van der Waals surface area (Å²) in [6.07, 6.45) is 2.21. The van der Waals surface area contributed by atoms with Crippen LogP contribution >= 0.6 is 11.6 Å².